The number of fused-ring (bicyclic) bond motifs is 1. The summed E-state index contributed by atoms with van der Waals surface area (Å²) >= 11 is 0. The summed E-state index contributed by atoms with van der Waals surface area (Å²) in [5.41, 5.74) is 4.29. The second kappa shape index (κ2) is 9.85. The lowest BCUT2D eigenvalue weighted by Gasteiger charge is -2.24. The highest BCUT2D eigenvalue weighted by Gasteiger charge is 2.36. The van der Waals surface area contributed by atoms with E-state index in [1.807, 2.05) is 55.5 Å². The molecular formula is C28H27N3O6. The minimum absolute atomic E-state index is 0.225. The van der Waals surface area contributed by atoms with Gasteiger partial charge < -0.3 is 18.6 Å². The van der Waals surface area contributed by atoms with Gasteiger partial charge in [-0.05, 0) is 60.5 Å². The molecule has 0 saturated heterocycles. The number of amides is 1. The van der Waals surface area contributed by atoms with Gasteiger partial charge in [-0.25, -0.2) is 9.80 Å². The molecule has 1 aliphatic rings. The fourth-order valence-electron chi connectivity index (χ4n) is 4.64. The maximum absolute atomic E-state index is 13.7. The average molecular weight is 502 g/mol. The third-order valence-corrected chi connectivity index (χ3v) is 6.50. The predicted molar refractivity (Wildman–Crippen MR) is 138 cm³/mol. The monoisotopic (exact) mass is 501 g/mol. The Kier molecular flexibility index (Phi) is 6.43. The van der Waals surface area contributed by atoms with Crippen LogP contribution in [-0.4, -0.2) is 42.5 Å². The lowest BCUT2D eigenvalue weighted by molar-refractivity contribution is -0.133. The van der Waals surface area contributed by atoms with Crippen molar-refractivity contribution in [2.75, 3.05) is 21.3 Å². The fourth-order valence-corrected chi connectivity index (χ4v) is 4.64. The lowest BCUT2D eigenvalue weighted by Crippen LogP contribution is -2.33. The van der Waals surface area contributed by atoms with E-state index in [1.165, 1.54) is 9.58 Å². The van der Waals surface area contributed by atoms with E-state index in [2.05, 4.69) is 0 Å². The van der Waals surface area contributed by atoms with E-state index in [0.29, 0.717) is 29.0 Å². The smallest absolute Gasteiger partial charge is 0.420 e. The Morgan fingerprint density at radius 3 is 2.51 bits per heavy atom. The number of aromatic nitrogens is 1. The highest BCUT2D eigenvalue weighted by atomic mass is 16.5. The third-order valence-electron chi connectivity index (χ3n) is 6.50. The van der Waals surface area contributed by atoms with Gasteiger partial charge in [-0.2, -0.15) is 5.10 Å². The standard InChI is InChI=1S/C28H27N3O6/c1-17-8-13-24-23(14-17)30(28(33)37-24)16-26(32)31-22(20-6-5-7-25(35-3)27(20)36-4)15-21(29-31)18-9-11-19(34-2)12-10-18/h5-14,22H,15-16H2,1-4H3. The molecule has 0 radical (unpaired) electrons. The normalized spacial score (nSPS) is 15.1. The number of methoxy groups -OCH3 is 3. The van der Waals surface area contributed by atoms with Gasteiger partial charge in [-0.15, -0.1) is 0 Å². The molecule has 1 atom stereocenters. The molecule has 2 heterocycles. The summed E-state index contributed by atoms with van der Waals surface area (Å²) in [5.74, 6) is 0.855. The number of hydrazone groups is 1. The minimum Gasteiger partial charge on any atom is -0.497 e. The molecule has 0 spiro atoms. The van der Waals surface area contributed by atoms with Gasteiger partial charge >= 0.3 is 5.76 Å². The van der Waals surface area contributed by atoms with E-state index in [0.717, 1.165) is 28.2 Å². The zero-order chi connectivity index (χ0) is 26.1. The van der Waals surface area contributed by atoms with Crippen LogP contribution in [0.1, 0.15) is 29.2 Å². The second-order valence-electron chi connectivity index (χ2n) is 8.74. The minimum atomic E-state index is -0.594. The van der Waals surface area contributed by atoms with Gasteiger partial charge in [0.25, 0.3) is 5.91 Å². The number of benzene rings is 3. The van der Waals surface area contributed by atoms with E-state index in [4.69, 9.17) is 23.7 Å². The number of rotatable bonds is 7. The summed E-state index contributed by atoms with van der Waals surface area (Å²) in [5, 5.41) is 6.16. The van der Waals surface area contributed by atoms with Crippen LogP contribution in [-0.2, 0) is 11.3 Å². The molecule has 1 unspecified atom stereocenters. The van der Waals surface area contributed by atoms with Crippen LogP contribution in [0, 0.1) is 6.92 Å². The molecule has 0 aliphatic carbocycles. The van der Waals surface area contributed by atoms with Gasteiger partial charge in [0, 0.05) is 12.0 Å². The number of nitrogens with zero attached hydrogens (tertiary/aromatic N) is 3. The van der Waals surface area contributed by atoms with Crippen molar-refractivity contribution in [2.45, 2.75) is 25.9 Å². The highest BCUT2D eigenvalue weighted by molar-refractivity contribution is 6.03. The molecule has 0 fully saturated rings. The Hall–Kier alpha value is -4.53. The van der Waals surface area contributed by atoms with Crippen LogP contribution in [0.2, 0.25) is 0 Å². The van der Waals surface area contributed by atoms with E-state index in [9.17, 15) is 9.59 Å². The van der Waals surface area contributed by atoms with Crippen LogP contribution in [0.3, 0.4) is 0 Å². The van der Waals surface area contributed by atoms with Crippen molar-refractivity contribution in [1.29, 1.82) is 0 Å². The van der Waals surface area contributed by atoms with Gasteiger partial charge in [-0.3, -0.25) is 9.36 Å². The van der Waals surface area contributed by atoms with Crippen molar-refractivity contribution in [2.24, 2.45) is 5.10 Å². The van der Waals surface area contributed by atoms with Gasteiger partial charge in [0.15, 0.2) is 17.1 Å². The summed E-state index contributed by atoms with van der Waals surface area (Å²) in [6.45, 7) is 1.69. The summed E-state index contributed by atoms with van der Waals surface area (Å²) < 4.78 is 23.1. The maximum atomic E-state index is 13.7. The van der Waals surface area contributed by atoms with Gasteiger partial charge in [0.2, 0.25) is 0 Å². The molecule has 1 aliphatic heterocycles. The number of oxazole rings is 1. The molecule has 5 rings (SSSR count). The van der Waals surface area contributed by atoms with E-state index < -0.39 is 11.8 Å². The van der Waals surface area contributed by atoms with Crippen LogP contribution in [0.15, 0.2) is 75.0 Å². The quantitative estimate of drug-likeness (QED) is 0.375. The molecule has 9 heteroatoms. The molecule has 190 valence electrons. The average Bonchev–Trinajstić information content (AvgIpc) is 3.49. The molecule has 4 aromatic rings. The number of para-hydroxylation sites is 1. The Labute approximate surface area is 213 Å². The molecule has 0 N–H and O–H groups in total. The fraction of sp³-hybridized carbons (Fsp3) is 0.250. The van der Waals surface area contributed by atoms with E-state index in [-0.39, 0.29) is 12.5 Å². The van der Waals surface area contributed by atoms with Crippen molar-refractivity contribution < 1.29 is 23.4 Å². The first-order valence-corrected chi connectivity index (χ1v) is 11.8. The van der Waals surface area contributed by atoms with Crippen LogP contribution in [0.4, 0.5) is 0 Å². The second-order valence-corrected chi connectivity index (χ2v) is 8.74. The number of ether oxygens (including phenoxy) is 3. The van der Waals surface area contributed by atoms with E-state index in [1.54, 1.807) is 33.5 Å². The Bertz CT molecular complexity index is 1550. The predicted octanol–water partition coefficient (Wildman–Crippen LogP) is 4.31. The molecule has 1 amide bonds. The molecule has 37 heavy (non-hydrogen) atoms. The molecule has 0 saturated carbocycles. The summed E-state index contributed by atoms with van der Waals surface area (Å²) in [6.07, 6.45) is 0.446. The van der Waals surface area contributed by atoms with E-state index >= 15 is 0 Å². The van der Waals surface area contributed by atoms with Crippen molar-refractivity contribution in [3.05, 3.63) is 87.9 Å². The Morgan fingerprint density at radius 2 is 1.81 bits per heavy atom. The SMILES string of the molecule is COc1ccc(C2=NN(C(=O)Cn3c(=O)oc4ccc(C)cc43)C(c3cccc(OC)c3OC)C2)cc1. The molecule has 1 aromatic heterocycles. The highest BCUT2D eigenvalue weighted by Crippen LogP contribution is 2.42. The van der Waals surface area contributed by atoms with Crippen molar-refractivity contribution in [3.63, 3.8) is 0 Å². The van der Waals surface area contributed by atoms with Gasteiger partial charge in [0.05, 0.1) is 38.6 Å². The van der Waals surface area contributed by atoms with Gasteiger partial charge in [-0.1, -0.05) is 18.2 Å². The maximum Gasteiger partial charge on any atom is 0.420 e. The Morgan fingerprint density at radius 1 is 1.03 bits per heavy atom. The van der Waals surface area contributed by atoms with Crippen molar-refractivity contribution >= 4 is 22.7 Å². The zero-order valence-corrected chi connectivity index (χ0v) is 21.1. The van der Waals surface area contributed by atoms with Crippen LogP contribution in [0.5, 0.6) is 17.2 Å². The molecule has 3 aromatic carbocycles. The van der Waals surface area contributed by atoms with Crippen LogP contribution in [0.25, 0.3) is 11.1 Å². The van der Waals surface area contributed by atoms with Crippen molar-refractivity contribution in [1.82, 2.24) is 9.58 Å². The topological polar surface area (TPSA) is 95.5 Å². The number of carbonyl (C=O) groups is 1. The first-order chi connectivity index (χ1) is 17.9. The van der Waals surface area contributed by atoms with Crippen LogP contribution >= 0.6 is 0 Å². The first-order valence-electron chi connectivity index (χ1n) is 11.8. The number of hydrogen-bond donors (Lipinski definition) is 0. The summed E-state index contributed by atoms with van der Waals surface area (Å²) in [7, 11) is 4.74. The van der Waals surface area contributed by atoms with Crippen LogP contribution < -0.4 is 20.0 Å². The zero-order valence-electron chi connectivity index (χ0n) is 21.1. The number of hydrogen-bond acceptors (Lipinski definition) is 7. The number of aryl methyl sites for hydroxylation is 1. The van der Waals surface area contributed by atoms with Gasteiger partial charge in [0.1, 0.15) is 12.3 Å². The summed E-state index contributed by atoms with van der Waals surface area (Å²) in [4.78, 5) is 26.4. The largest absolute Gasteiger partial charge is 0.497 e. The van der Waals surface area contributed by atoms with Crippen molar-refractivity contribution in [3.8, 4) is 17.2 Å². The lowest BCUT2D eigenvalue weighted by atomic mass is 9.97. The molecule has 9 nitrogen and oxygen atoms in total. The number of carbonyl (C=O) groups excluding carboxylic acids is 1. The molecule has 0 bridgehead atoms. The first kappa shape index (κ1) is 24.2. The third kappa shape index (κ3) is 4.44. The Balaban J connectivity index is 1.56. The molecular weight excluding hydrogens is 474 g/mol. The summed E-state index contributed by atoms with van der Waals surface area (Å²) in [6, 6.07) is 18.0.